The molecule has 1 aromatic carbocycles. The summed E-state index contributed by atoms with van der Waals surface area (Å²) in [4.78, 5) is 6.27. The van der Waals surface area contributed by atoms with E-state index in [9.17, 15) is 4.39 Å². The van der Waals surface area contributed by atoms with E-state index in [1.165, 1.54) is 12.1 Å². The van der Waals surface area contributed by atoms with Crippen LogP contribution in [0.5, 0.6) is 0 Å². The van der Waals surface area contributed by atoms with E-state index < -0.39 is 0 Å². The summed E-state index contributed by atoms with van der Waals surface area (Å²) in [7, 11) is 0. The number of rotatable bonds is 5. The molecule has 0 aliphatic rings. The third-order valence-electron chi connectivity index (χ3n) is 2.76. The Bertz CT molecular complexity index is 417. The fourth-order valence-electron chi connectivity index (χ4n) is 1.66. The summed E-state index contributed by atoms with van der Waals surface area (Å²) in [5.41, 5.74) is 6.73. The lowest BCUT2D eigenvalue weighted by Gasteiger charge is -2.19. The normalized spacial score (nSPS) is 11.7. The quantitative estimate of drug-likeness (QED) is 0.661. The molecule has 0 saturated heterocycles. The number of nitrogens with two attached hydrogens (primary N) is 1. The van der Waals surface area contributed by atoms with Crippen molar-refractivity contribution in [3.8, 4) is 0 Å². The summed E-state index contributed by atoms with van der Waals surface area (Å²) < 4.78 is 12.9. The van der Waals surface area contributed by atoms with Gasteiger partial charge in [-0.15, -0.1) is 0 Å². The van der Waals surface area contributed by atoms with Crippen molar-refractivity contribution in [3.63, 3.8) is 0 Å². The zero-order valence-corrected chi connectivity index (χ0v) is 11.5. The Kier molecular flexibility index (Phi) is 5.92. The molecule has 0 unspecified atom stereocenters. The highest BCUT2D eigenvalue weighted by Crippen LogP contribution is 2.17. The van der Waals surface area contributed by atoms with Crippen LogP contribution < -0.4 is 5.73 Å². The van der Waals surface area contributed by atoms with E-state index >= 15 is 0 Å². The van der Waals surface area contributed by atoms with Crippen LogP contribution in [0.25, 0.3) is 0 Å². The second-order valence-corrected chi connectivity index (χ2v) is 4.31. The van der Waals surface area contributed by atoms with Crippen molar-refractivity contribution in [2.24, 2.45) is 10.7 Å². The highest BCUT2D eigenvalue weighted by Gasteiger charge is 2.03. The second-order valence-electron chi connectivity index (χ2n) is 3.90. The molecule has 18 heavy (non-hydrogen) atoms. The molecule has 0 radical (unpaired) electrons. The average molecular weight is 272 g/mol. The zero-order chi connectivity index (χ0) is 13.5. The summed E-state index contributed by atoms with van der Waals surface area (Å²) in [6, 6.07) is 4.40. The molecular formula is C13H19ClFN3. The van der Waals surface area contributed by atoms with Crippen LogP contribution in [-0.4, -0.2) is 30.5 Å². The van der Waals surface area contributed by atoms with Crippen molar-refractivity contribution in [3.05, 3.63) is 34.6 Å². The Labute approximate surface area is 112 Å². The van der Waals surface area contributed by atoms with Gasteiger partial charge in [-0.05, 0) is 38.0 Å². The first-order chi connectivity index (χ1) is 8.58. The van der Waals surface area contributed by atoms with Gasteiger partial charge in [0.2, 0.25) is 0 Å². The van der Waals surface area contributed by atoms with E-state index in [2.05, 4.69) is 4.99 Å². The predicted molar refractivity (Wildman–Crippen MR) is 74.5 cm³/mol. The number of hydrogen-bond donors (Lipinski definition) is 1. The Morgan fingerprint density at radius 2 is 2.06 bits per heavy atom. The number of aliphatic imine (C=N–C) groups is 1. The van der Waals surface area contributed by atoms with Crippen LogP contribution in [-0.2, 0) is 6.42 Å². The van der Waals surface area contributed by atoms with Gasteiger partial charge in [-0.3, -0.25) is 4.99 Å². The Morgan fingerprint density at radius 1 is 1.39 bits per heavy atom. The molecule has 2 N–H and O–H groups in total. The fraction of sp³-hybridized carbons (Fsp3) is 0.462. The smallest absolute Gasteiger partial charge is 0.191 e. The zero-order valence-electron chi connectivity index (χ0n) is 10.8. The van der Waals surface area contributed by atoms with Crippen molar-refractivity contribution < 1.29 is 4.39 Å². The molecule has 0 saturated carbocycles. The molecule has 5 heteroatoms. The molecular weight excluding hydrogens is 253 g/mol. The summed E-state index contributed by atoms with van der Waals surface area (Å²) in [5.74, 6) is 0.216. The molecule has 0 aliphatic carbocycles. The van der Waals surface area contributed by atoms with E-state index in [0.717, 1.165) is 18.7 Å². The minimum absolute atomic E-state index is 0.324. The second kappa shape index (κ2) is 7.21. The molecule has 0 amide bonds. The van der Waals surface area contributed by atoms with Crippen molar-refractivity contribution >= 4 is 17.6 Å². The van der Waals surface area contributed by atoms with Gasteiger partial charge in [0.05, 0.1) is 0 Å². The van der Waals surface area contributed by atoms with Crippen molar-refractivity contribution in [1.29, 1.82) is 0 Å². The molecule has 0 aromatic heterocycles. The number of nitrogens with zero attached hydrogens (tertiary/aromatic N) is 2. The van der Waals surface area contributed by atoms with Gasteiger partial charge in [0.1, 0.15) is 5.82 Å². The number of benzene rings is 1. The summed E-state index contributed by atoms with van der Waals surface area (Å²) >= 11 is 5.93. The topological polar surface area (TPSA) is 41.6 Å². The van der Waals surface area contributed by atoms with E-state index in [4.69, 9.17) is 17.3 Å². The van der Waals surface area contributed by atoms with E-state index in [0.29, 0.717) is 23.9 Å². The largest absolute Gasteiger partial charge is 0.370 e. The van der Waals surface area contributed by atoms with Crippen molar-refractivity contribution in [2.75, 3.05) is 19.6 Å². The van der Waals surface area contributed by atoms with E-state index in [-0.39, 0.29) is 5.82 Å². The first-order valence-electron chi connectivity index (χ1n) is 6.07. The highest BCUT2D eigenvalue weighted by molar-refractivity contribution is 6.31. The standard InChI is InChI=1S/C13H19ClFN3/c1-3-18(4-2)13(16)17-8-7-10-5-6-11(15)9-12(10)14/h5-6,9H,3-4,7-8H2,1-2H3,(H2,16,17). The van der Waals surface area contributed by atoms with Gasteiger partial charge in [-0.2, -0.15) is 0 Å². The van der Waals surface area contributed by atoms with Crippen LogP contribution in [0.1, 0.15) is 19.4 Å². The molecule has 0 fully saturated rings. The van der Waals surface area contributed by atoms with Crippen LogP contribution in [0.15, 0.2) is 23.2 Å². The fourth-order valence-corrected chi connectivity index (χ4v) is 1.92. The molecule has 3 nitrogen and oxygen atoms in total. The maximum atomic E-state index is 12.9. The van der Waals surface area contributed by atoms with E-state index in [1.807, 2.05) is 18.7 Å². The summed E-state index contributed by atoms with van der Waals surface area (Å²) in [6.45, 7) is 6.28. The van der Waals surface area contributed by atoms with Crippen molar-refractivity contribution in [2.45, 2.75) is 20.3 Å². The molecule has 0 aliphatic heterocycles. The van der Waals surface area contributed by atoms with Gasteiger partial charge < -0.3 is 10.6 Å². The van der Waals surface area contributed by atoms with Crippen LogP contribution >= 0.6 is 11.6 Å². The molecule has 1 aromatic rings. The molecule has 1 rings (SSSR count). The van der Waals surface area contributed by atoms with Crippen LogP contribution in [0.3, 0.4) is 0 Å². The number of halogens is 2. The van der Waals surface area contributed by atoms with Crippen molar-refractivity contribution in [1.82, 2.24) is 4.90 Å². The molecule has 0 bridgehead atoms. The van der Waals surface area contributed by atoms with Gasteiger partial charge >= 0.3 is 0 Å². The molecule has 0 heterocycles. The van der Waals surface area contributed by atoms with Gasteiger partial charge in [-0.25, -0.2) is 4.39 Å². The van der Waals surface area contributed by atoms with Gasteiger partial charge in [0.15, 0.2) is 5.96 Å². The van der Waals surface area contributed by atoms with Crippen LogP contribution in [0.2, 0.25) is 5.02 Å². The van der Waals surface area contributed by atoms with Gasteiger partial charge in [0.25, 0.3) is 0 Å². The molecule has 0 spiro atoms. The number of hydrogen-bond acceptors (Lipinski definition) is 1. The monoisotopic (exact) mass is 271 g/mol. The summed E-state index contributed by atoms with van der Waals surface area (Å²) in [6.07, 6.45) is 0.654. The number of guanidine groups is 1. The first-order valence-corrected chi connectivity index (χ1v) is 6.45. The third kappa shape index (κ3) is 4.18. The lowest BCUT2D eigenvalue weighted by atomic mass is 10.1. The third-order valence-corrected chi connectivity index (χ3v) is 3.11. The van der Waals surface area contributed by atoms with Gasteiger partial charge in [-0.1, -0.05) is 17.7 Å². The summed E-state index contributed by atoms with van der Waals surface area (Å²) in [5, 5.41) is 0.437. The van der Waals surface area contributed by atoms with Gasteiger partial charge in [0, 0.05) is 24.7 Å². The Morgan fingerprint density at radius 3 is 2.61 bits per heavy atom. The molecule has 0 atom stereocenters. The Hall–Kier alpha value is -1.29. The Balaban J connectivity index is 2.57. The molecule has 100 valence electrons. The lowest BCUT2D eigenvalue weighted by molar-refractivity contribution is 0.458. The minimum Gasteiger partial charge on any atom is -0.370 e. The average Bonchev–Trinajstić information content (AvgIpc) is 2.33. The lowest BCUT2D eigenvalue weighted by Crippen LogP contribution is -2.37. The highest BCUT2D eigenvalue weighted by atomic mass is 35.5. The SMILES string of the molecule is CCN(CC)C(N)=NCCc1ccc(F)cc1Cl. The first kappa shape index (κ1) is 14.8. The maximum absolute atomic E-state index is 12.9. The predicted octanol–water partition coefficient (Wildman–Crippen LogP) is 2.68. The van der Waals surface area contributed by atoms with E-state index in [1.54, 1.807) is 6.07 Å². The maximum Gasteiger partial charge on any atom is 0.191 e. The minimum atomic E-state index is -0.324. The van der Waals surface area contributed by atoms with Crippen LogP contribution in [0, 0.1) is 5.82 Å². The van der Waals surface area contributed by atoms with Crippen LogP contribution in [0.4, 0.5) is 4.39 Å².